The maximum atomic E-state index is 8.84. The summed E-state index contributed by atoms with van der Waals surface area (Å²) in [5, 5.41) is 8.84. The molecule has 2 heteroatoms. The highest BCUT2D eigenvalue weighted by Crippen LogP contribution is 1.98. The van der Waals surface area contributed by atoms with E-state index in [2.05, 4.69) is 0 Å². The molecule has 0 aromatic carbocycles. The van der Waals surface area contributed by atoms with E-state index in [-0.39, 0.29) is 6.10 Å². The van der Waals surface area contributed by atoms with E-state index in [0.29, 0.717) is 0 Å². The summed E-state index contributed by atoms with van der Waals surface area (Å²) in [6.07, 6.45) is 2.79. The van der Waals surface area contributed by atoms with Crippen LogP contribution in [0.4, 0.5) is 0 Å². The Balaban J connectivity index is 2.83. The highest BCUT2D eigenvalue weighted by molar-refractivity contribution is 7.98. The van der Waals surface area contributed by atoms with E-state index in [0.717, 1.165) is 12.2 Å². The van der Waals surface area contributed by atoms with E-state index in [9.17, 15) is 0 Å². The Morgan fingerprint density at radius 2 is 2.29 bits per heavy atom. The van der Waals surface area contributed by atoms with Crippen LogP contribution in [0.3, 0.4) is 0 Å². The van der Waals surface area contributed by atoms with Gasteiger partial charge in [-0.2, -0.15) is 11.8 Å². The maximum absolute atomic E-state index is 8.84. The third-order valence-electron chi connectivity index (χ3n) is 0.830. The predicted octanol–water partition coefficient (Wildman–Crippen LogP) is 1.12. The van der Waals surface area contributed by atoms with Crippen molar-refractivity contribution in [3.05, 3.63) is 0 Å². The monoisotopic (exact) mass is 120 g/mol. The van der Waals surface area contributed by atoms with Crippen LogP contribution in [0.25, 0.3) is 0 Å². The first-order valence-electron chi connectivity index (χ1n) is 2.48. The Labute approximate surface area is 49.1 Å². The summed E-state index contributed by atoms with van der Waals surface area (Å²) in [6, 6.07) is 0. The fraction of sp³-hybridized carbons (Fsp3) is 1.00. The molecular weight excluding hydrogens is 108 g/mol. The lowest BCUT2D eigenvalue weighted by Gasteiger charge is -2.01. The van der Waals surface area contributed by atoms with Gasteiger partial charge in [-0.25, -0.2) is 0 Å². The van der Waals surface area contributed by atoms with Gasteiger partial charge < -0.3 is 5.11 Å². The van der Waals surface area contributed by atoms with Crippen molar-refractivity contribution in [2.75, 3.05) is 12.0 Å². The van der Waals surface area contributed by atoms with Gasteiger partial charge in [0, 0.05) is 5.75 Å². The normalized spacial score (nSPS) is 14.1. The lowest BCUT2D eigenvalue weighted by atomic mass is 10.3. The van der Waals surface area contributed by atoms with E-state index in [1.807, 2.05) is 13.2 Å². The Kier molecular flexibility index (Phi) is 4.67. The molecule has 0 unspecified atom stereocenters. The van der Waals surface area contributed by atoms with Crippen molar-refractivity contribution in [1.29, 1.82) is 0 Å². The SMILES string of the molecule is CC[C@@H](O)CSC. The van der Waals surface area contributed by atoms with Crippen LogP contribution in [0.2, 0.25) is 0 Å². The zero-order valence-electron chi connectivity index (χ0n) is 4.85. The molecule has 0 aliphatic rings. The molecule has 0 radical (unpaired) electrons. The molecule has 0 aliphatic carbocycles. The second-order valence-electron chi connectivity index (χ2n) is 1.52. The van der Waals surface area contributed by atoms with Crippen molar-refractivity contribution >= 4 is 11.8 Å². The van der Waals surface area contributed by atoms with Gasteiger partial charge in [0.2, 0.25) is 0 Å². The molecule has 0 heterocycles. The number of hydrogen-bond donors (Lipinski definition) is 1. The predicted molar refractivity (Wildman–Crippen MR) is 34.7 cm³/mol. The minimum atomic E-state index is -0.0880. The van der Waals surface area contributed by atoms with Crippen LogP contribution in [0.5, 0.6) is 0 Å². The summed E-state index contributed by atoms with van der Waals surface area (Å²) in [6.45, 7) is 1.99. The largest absolute Gasteiger partial charge is 0.392 e. The average Bonchev–Trinajstić information content (AvgIpc) is 1.68. The average molecular weight is 120 g/mol. The number of hydrogen-bond acceptors (Lipinski definition) is 2. The van der Waals surface area contributed by atoms with Crippen molar-refractivity contribution in [3.8, 4) is 0 Å². The maximum Gasteiger partial charge on any atom is 0.0627 e. The van der Waals surface area contributed by atoms with Gasteiger partial charge in [0.25, 0.3) is 0 Å². The van der Waals surface area contributed by atoms with Crippen LogP contribution in [0, 0.1) is 0 Å². The standard InChI is InChI=1S/C5H12OS/c1-3-5(6)4-7-2/h5-6H,3-4H2,1-2H3/t5-/m1/s1. The summed E-state index contributed by atoms with van der Waals surface area (Å²) in [4.78, 5) is 0. The molecule has 7 heavy (non-hydrogen) atoms. The molecule has 44 valence electrons. The van der Waals surface area contributed by atoms with E-state index in [1.165, 1.54) is 0 Å². The number of aliphatic hydroxyl groups is 1. The molecule has 0 aromatic rings. The zero-order valence-corrected chi connectivity index (χ0v) is 5.66. The summed E-state index contributed by atoms with van der Waals surface area (Å²) >= 11 is 1.68. The third-order valence-corrected chi connectivity index (χ3v) is 1.55. The van der Waals surface area contributed by atoms with Gasteiger partial charge in [0.05, 0.1) is 6.10 Å². The first kappa shape index (κ1) is 7.31. The van der Waals surface area contributed by atoms with E-state index < -0.39 is 0 Å². The molecular formula is C5H12OS. The summed E-state index contributed by atoms with van der Waals surface area (Å²) in [5.74, 6) is 0.872. The van der Waals surface area contributed by atoms with Gasteiger partial charge in [-0.1, -0.05) is 6.92 Å². The minimum Gasteiger partial charge on any atom is -0.392 e. The second kappa shape index (κ2) is 4.47. The van der Waals surface area contributed by atoms with Crippen molar-refractivity contribution in [2.24, 2.45) is 0 Å². The Bertz CT molecular complexity index is 39.1. The molecule has 1 atom stereocenters. The van der Waals surface area contributed by atoms with Crippen molar-refractivity contribution < 1.29 is 5.11 Å². The lowest BCUT2D eigenvalue weighted by molar-refractivity contribution is 0.195. The zero-order chi connectivity index (χ0) is 5.70. The lowest BCUT2D eigenvalue weighted by Crippen LogP contribution is -2.06. The minimum absolute atomic E-state index is 0.0880. The van der Waals surface area contributed by atoms with Crippen LogP contribution in [-0.2, 0) is 0 Å². The second-order valence-corrected chi connectivity index (χ2v) is 2.43. The molecule has 0 spiro atoms. The van der Waals surface area contributed by atoms with Crippen LogP contribution in [-0.4, -0.2) is 23.2 Å². The Morgan fingerprint density at radius 1 is 1.71 bits per heavy atom. The molecule has 0 aromatic heterocycles. The van der Waals surface area contributed by atoms with Gasteiger partial charge in [0.1, 0.15) is 0 Å². The van der Waals surface area contributed by atoms with Gasteiger partial charge in [-0.3, -0.25) is 0 Å². The Morgan fingerprint density at radius 3 is 2.43 bits per heavy atom. The Hall–Kier alpha value is 0.310. The summed E-state index contributed by atoms with van der Waals surface area (Å²) in [5.41, 5.74) is 0. The van der Waals surface area contributed by atoms with Crippen molar-refractivity contribution in [1.82, 2.24) is 0 Å². The first-order valence-corrected chi connectivity index (χ1v) is 3.87. The van der Waals surface area contributed by atoms with Gasteiger partial charge in [-0.05, 0) is 12.7 Å². The van der Waals surface area contributed by atoms with E-state index in [4.69, 9.17) is 5.11 Å². The first-order chi connectivity index (χ1) is 3.31. The van der Waals surface area contributed by atoms with Crippen LogP contribution < -0.4 is 0 Å². The van der Waals surface area contributed by atoms with Crippen molar-refractivity contribution in [3.63, 3.8) is 0 Å². The molecule has 0 amide bonds. The van der Waals surface area contributed by atoms with Crippen molar-refractivity contribution in [2.45, 2.75) is 19.4 Å². The molecule has 0 saturated heterocycles. The van der Waals surface area contributed by atoms with Gasteiger partial charge in [0.15, 0.2) is 0 Å². The molecule has 1 nitrogen and oxygen atoms in total. The highest BCUT2D eigenvalue weighted by atomic mass is 32.2. The van der Waals surface area contributed by atoms with E-state index >= 15 is 0 Å². The quantitative estimate of drug-likeness (QED) is 0.602. The van der Waals surface area contributed by atoms with Crippen LogP contribution in [0.1, 0.15) is 13.3 Å². The molecule has 0 saturated carbocycles. The number of thioether (sulfide) groups is 1. The van der Waals surface area contributed by atoms with Gasteiger partial charge in [-0.15, -0.1) is 0 Å². The summed E-state index contributed by atoms with van der Waals surface area (Å²) < 4.78 is 0. The molecule has 0 fully saturated rings. The van der Waals surface area contributed by atoms with Gasteiger partial charge >= 0.3 is 0 Å². The fourth-order valence-electron chi connectivity index (χ4n) is 0.310. The highest BCUT2D eigenvalue weighted by Gasteiger charge is 1.94. The number of aliphatic hydroxyl groups excluding tert-OH is 1. The molecule has 0 aliphatic heterocycles. The smallest absolute Gasteiger partial charge is 0.0627 e. The fourth-order valence-corrected chi connectivity index (χ4v) is 0.931. The molecule has 0 bridgehead atoms. The third kappa shape index (κ3) is 4.16. The topological polar surface area (TPSA) is 20.2 Å². The molecule has 0 rings (SSSR count). The van der Waals surface area contributed by atoms with E-state index in [1.54, 1.807) is 11.8 Å². The molecule has 1 N–H and O–H groups in total. The summed E-state index contributed by atoms with van der Waals surface area (Å²) in [7, 11) is 0. The van der Waals surface area contributed by atoms with Crippen LogP contribution >= 0.6 is 11.8 Å². The number of rotatable bonds is 3. The van der Waals surface area contributed by atoms with Crippen LogP contribution in [0.15, 0.2) is 0 Å².